The Morgan fingerprint density at radius 1 is 1.29 bits per heavy atom. The van der Waals surface area contributed by atoms with Gasteiger partial charge in [-0.25, -0.2) is 0 Å². The third kappa shape index (κ3) is 1.40. The molecule has 1 aromatic rings. The zero-order valence-electron chi connectivity index (χ0n) is 6.95. The summed E-state index contributed by atoms with van der Waals surface area (Å²) < 4.78 is 41.6. The standard InChI is InChI=1S/C8H6BF3O2/c10-8(11,12)7-5-3-1-2-4-6(5)9(13)14-7/h1-4,7,13H. The van der Waals surface area contributed by atoms with Crippen molar-refractivity contribution in [2.24, 2.45) is 0 Å². The second-order valence-corrected chi connectivity index (χ2v) is 3.04. The van der Waals surface area contributed by atoms with Gasteiger partial charge in [0.05, 0.1) is 0 Å². The minimum atomic E-state index is -4.48. The van der Waals surface area contributed by atoms with Gasteiger partial charge >= 0.3 is 13.3 Å². The van der Waals surface area contributed by atoms with Crippen LogP contribution in [-0.4, -0.2) is 18.3 Å². The van der Waals surface area contributed by atoms with E-state index in [2.05, 4.69) is 4.65 Å². The van der Waals surface area contributed by atoms with Gasteiger partial charge in [0.1, 0.15) is 0 Å². The van der Waals surface area contributed by atoms with E-state index >= 15 is 0 Å². The molecule has 1 aromatic carbocycles. The summed E-state index contributed by atoms with van der Waals surface area (Å²) in [5.74, 6) is 0. The largest absolute Gasteiger partial charge is 0.492 e. The summed E-state index contributed by atoms with van der Waals surface area (Å²) in [6.07, 6.45) is -6.48. The molecule has 1 heterocycles. The Hall–Kier alpha value is -1.01. The van der Waals surface area contributed by atoms with E-state index in [-0.39, 0.29) is 11.0 Å². The predicted molar refractivity (Wildman–Crippen MR) is 43.9 cm³/mol. The molecule has 0 saturated heterocycles. The fourth-order valence-corrected chi connectivity index (χ4v) is 1.50. The van der Waals surface area contributed by atoms with Crippen molar-refractivity contribution in [2.75, 3.05) is 0 Å². The number of hydrogen-bond donors (Lipinski definition) is 1. The van der Waals surface area contributed by atoms with Gasteiger partial charge in [-0.1, -0.05) is 24.3 Å². The molecule has 0 aliphatic carbocycles. The fraction of sp³-hybridized carbons (Fsp3) is 0.250. The fourth-order valence-electron chi connectivity index (χ4n) is 1.50. The summed E-state index contributed by atoms with van der Waals surface area (Å²) in [7, 11) is -1.47. The molecule has 1 N–H and O–H groups in total. The van der Waals surface area contributed by atoms with Crippen molar-refractivity contribution in [3.05, 3.63) is 29.8 Å². The van der Waals surface area contributed by atoms with Gasteiger partial charge in [0.2, 0.25) is 0 Å². The van der Waals surface area contributed by atoms with Crippen molar-refractivity contribution in [1.29, 1.82) is 0 Å². The third-order valence-corrected chi connectivity index (χ3v) is 2.11. The molecule has 0 amide bonds. The lowest BCUT2D eigenvalue weighted by molar-refractivity contribution is -0.198. The van der Waals surface area contributed by atoms with Crippen LogP contribution in [0.1, 0.15) is 11.7 Å². The Kier molecular flexibility index (Phi) is 2.04. The maximum atomic E-state index is 12.4. The molecule has 1 aliphatic heterocycles. The monoisotopic (exact) mass is 202 g/mol. The Morgan fingerprint density at radius 3 is 2.57 bits per heavy atom. The highest BCUT2D eigenvalue weighted by atomic mass is 19.4. The Bertz CT molecular complexity index is 353. The number of hydrogen-bond acceptors (Lipinski definition) is 2. The Balaban J connectivity index is 2.44. The van der Waals surface area contributed by atoms with Gasteiger partial charge in [-0.15, -0.1) is 0 Å². The molecule has 0 spiro atoms. The van der Waals surface area contributed by atoms with Crippen molar-refractivity contribution >= 4 is 12.6 Å². The maximum absolute atomic E-state index is 12.4. The topological polar surface area (TPSA) is 29.5 Å². The van der Waals surface area contributed by atoms with Crippen molar-refractivity contribution in [2.45, 2.75) is 12.3 Å². The second kappa shape index (κ2) is 3.00. The average molecular weight is 202 g/mol. The Morgan fingerprint density at radius 2 is 1.93 bits per heavy atom. The minimum Gasteiger partial charge on any atom is -0.423 e. The van der Waals surface area contributed by atoms with Gasteiger partial charge in [0, 0.05) is 0 Å². The first-order valence-electron chi connectivity index (χ1n) is 3.99. The van der Waals surface area contributed by atoms with E-state index < -0.39 is 19.4 Å². The first kappa shape index (κ1) is 9.55. The molecule has 0 radical (unpaired) electrons. The van der Waals surface area contributed by atoms with Gasteiger partial charge in [-0.3, -0.25) is 0 Å². The van der Waals surface area contributed by atoms with E-state index in [0.717, 1.165) is 0 Å². The molecule has 74 valence electrons. The first-order valence-corrected chi connectivity index (χ1v) is 3.99. The molecule has 6 heteroatoms. The smallest absolute Gasteiger partial charge is 0.423 e. The summed E-state index contributed by atoms with van der Waals surface area (Å²) >= 11 is 0. The van der Waals surface area contributed by atoms with Gasteiger partial charge in [0.25, 0.3) is 0 Å². The summed E-state index contributed by atoms with van der Waals surface area (Å²) in [6, 6.07) is 5.78. The van der Waals surface area contributed by atoms with Crippen molar-refractivity contribution in [3.8, 4) is 0 Å². The zero-order valence-corrected chi connectivity index (χ0v) is 6.95. The van der Waals surface area contributed by atoms with Crippen LogP contribution in [0, 0.1) is 0 Å². The number of rotatable bonds is 0. The summed E-state index contributed by atoms with van der Waals surface area (Å²) in [4.78, 5) is 0. The molecule has 1 unspecified atom stereocenters. The minimum absolute atomic E-state index is 0.00694. The molecular formula is C8H6BF3O2. The van der Waals surface area contributed by atoms with Crippen molar-refractivity contribution < 1.29 is 22.8 Å². The molecule has 1 atom stereocenters. The van der Waals surface area contributed by atoms with Gasteiger partial charge in [-0.05, 0) is 11.0 Å². The van der Waals surface area contributed by atoms with Gasteiger partial charge in [-0.2, -0.15) is 13.2 Å². The van der Waals surface area contributed by atoms with E-state index in [0.29, 0.717) is 0 Å². The number of alkyl halides is 3. The molecule has 0 aromatic heterocycles. The normalized spacial score (nSPS) is 21.1. The van der Waals surface area contributed by atoms with Crippen molar-refractivity contribution in [3.63, 3.8) is 0 Å². The lowest BCUT2D eigenvalue weighted by Crippen LogP contribution is -2.28. The second-order valence-electron chi connectivity index (χ2n) is 3.04. The van der Waals surface area contributed by atoms with Crippen LogP contribution in [0.3, 0.4) is 0 Å². The van der Waals surface area contributed by atoms with Crippen LogP contribution in [-0.2, 0) is 4.65 Å². The van der Waals surface area contributed by atoms with E-state index in [9.17, 15) is 18.2 Å². The molecule has 2 nitrogen and oxygen atoms in total. The highest BCUT2D eigenvalue weighted by Crippen LogP contribution is 2.38. The van der Waals surface area contributed by atoms with Crippen LogP contribution in [0.2, 0.25) is 0 Å². The van der Waals surface area contributed by atoms with E-state index in [1.54, 1.807) is 6.07 Å². The molecule has 0 bridgehead atoms. The molecular weight excluding hydrogens is 196 g/mol. The van der Waals surface area contributed by atoms with Crippen LogP contribution in [0.5, 0.6) is 0 Å². The van der Waals surface area contributed by atoms with Gasteiger partial charge in [0.15, 0.2) is 6.10 Å². The lowest BCUT2D eigenvalue weighted by Gasteiger charge is -2.15. The quantitative estimate of drug-likeness (QED) is 0.636. The number of benzene rings is 1. The van der Waals surface area contributed by atoms with Crippen LogP contribution in [0.15, 0.2) is 24.3 Å². The molecule has 14 heavy (non-hydrogen) atoms. The highest BCUT2D eigenvalue weighted by Gasteiger charge is 2.49. The van der Waals surface area contributed by atoms with Crippen LogP contribution >= 0.6 is 0 Å². The maximum Gasteiger partial charge on any atom is 0.492 e. The van der Waals surface area contributed by atoms with Crippen molar-refractivity contribution in [1.82, 2.24) is 0 Å². The lowest BCUT2D eigenvalue weighted by atomic mass is 9.79. The van der Waals surface area contributed by atoms with Gasteiger partial charge < -0.3 is 9.68 Å². The van der Waals surface area contributed by atoms with Crippen LogP contribution in [0.4, 0.5) is 13.2 Å². The summed E-state index contributed by atoms with van der Waals surface area (Å²) in [6.45, 7) is 0. The molecule has 1 aliphatic rings. The van der Waals surface area contributed by atoms with Crippen LogP contribution in [0.25, 0.3) is 0 Å². The molecule has 2 rings (SSSR count). The summed E-state index contributed by atoms with van der Waals surface area (Å²) in [5.41, 5.74) is 0.183. The van der Waals surface area contributed by atoms with E-state index in [1.807, 2.05) is 0 Å². The highest BCUT2D eigenvalue weighted by molar-refractivity contribution is 6.61. The molecule has 0 fully saturated rings. The summed E-state index contributed by atoms with van der Waals surface area (Å²) in [5, 5.41) is 9.19. The average Bonchev–Trinajstić information content (AvgIpc) is 2.44. The van der Waals surface area contributed by atoms with E-state index in [1.165, 1.54) is 18.2 Å². The molecule has 0 saturated carbocycles. The predicted octanol–water partition coefficient (Wildman–Crippen LogP) is 1.01. The number of halogens is 3. The SMILES string of the molecule is OB1OC(C(F)(F)F)c2ccccc21. The number of fused-ring (bicyclic) bond motifs is 1. The third-order valence-electron chi connectivity index (χ3n) is 2.11. The Labute approximate surface area is 78.5 Å². The zero-order chi connectivity index (χ0) is 10.3. The first-order chi connectivity index (χ1) is 6.50. The van der Waals surface area contributed by atoms with Crippen LogP contribution < -0.4 is 5.46 Å². The van der Waals surface area contributed by atoms with E-state index in [4.69, 9.17) is 0 Å².